The fraction of sp³-hybridized carbons (Fsp3) is 0.133. The molecule has 0 heterocycles. The molecule has 6 heteroatoms. The van der Waals surface area contributed by atoms with Gasteiger partial charge in [0.2, 0.25) is 0 Å². The molecule has 3 nitrogen and oxygen atoms in total. The van der Waals surface area contributed by atoms with Gasteiger partial charge in [0.25, 0.3) is 5.91 Å². The van der Waals surface area contributed by atoms with Gasteiger partial charge in [-0.15, -0.1) is 0 Å². The van der Waals surface area contributed by atoms with E-state index in [0.717, 1.165) is 0 Å². The van der Waals surface area contributed by atoms with Crippen LogP contribution < -0.4 is 10.6 Å². The van der Waals surface area contributed by atoms with Crippen LogP contribution in [0.1, 0.15) is 17.3 Å². The highest BCUT2D eigenvalue weighted by Gasteiger charge is 2.15. The number of nitrogens with one attached hydrogen (secondary N) is 2. The fourth-order valence-electron chi connectivity index (χ4n) is 1.85. The lowest BCUT2D eigenvalue weighted by Crippen LogP contribution is -2.15. The highest BCUT2D eigenvalue weighted by Crippen LogP contribution is 2.31. The Bertz CT molecular complexity index is 654. The quantitative estimate of drug-likeness (QED) is 0.787. The molecule has 0 aliphatic rings. The summed E-state index contributed by atoms with van der Waals surface area (Å²) in [6.07, 6.45) is 0. The maximum absolute atomic E-state index is 12.4. The molecule has 0 aromatic heterocycles. The summed E-state index contributed by atoms with van der Waals surface area (Å²) in [5, 5.41) is 7.07. The molecule has 0 aliphatic carbocycles. The summed E-state index contributed by atoms with van der Waals surface area (Å²) in [6, 6.07) is 10.1. The van der Waals surface area contributed by atoms with Crippen molar-refractivity contribution in [2.45, 2.75) is 6.92 Å². The lowest BCUT2D eigenvalue weighted by Gasteiger charge is -2.13. The van der Waals surface area contributed by atoms with Gasteiger partial charge < -0.3 is 10.6 Å². The van der Waals surface area contributed by atoms with Gasteiger partial charge in [0, 0.05) is 17.3 Å². The molecule has 0 saturated heterocycles. The van der Waals surface area contributed by atoms with Gasteiger partial charge in [-0.2, -0.15) is 0 Å². The molecule has 21 heavy (non-hydrogen) atoms. The number of halogens is 3. The summed E-state index contributed by atoms with van der Waals surface area (Å²) < 4.78 is 0. The first-order chi connectivity index (χ1) is 10.0. The number of para-hydroxylation sites is 1. The molecule has 2 rings (SSSR count). The number of amides is 1. The Hall–Kier alpha value is -1.42. The molecule has 0 aliphatic heterocycles. The molecule has 0 bridgehead atoms. The van der Waals surface area contributed by atoms with Crippen LogP contribution >= 0.6 is 34.8 Å². The van der Waals surface area contributed by atoms with Crippen LogP contribution in [0.4, 0.5) is 11.4 Å². The predicted molar refractivity (Wildman–Crippen MR) is 90.0 cm³/mol. The van der Waals surface area contributed by atoms with Gasteiger partial charge >= 0.3 is 0 Å². The third kappa shape index (κ3) is 3.82. The van der Waals surface area contributed by atoms with E-state index in [2.05, 4.69) is 10.6 Å². The Morgan fingerprint density at radius 1 is 1.10 bits per heavy atom. The zero-order valence-electron chi connectivity index (χ0n) is 11.2. The molecular formula is C15H13Cl3N2O. The Morgan fingerprint density at radius 2 is 1.76 bits per heavy atom. The summed E-state index contributed by atoms with van der Waals surface area (Å²) in [5.41, 5.74) is 1.51. The average molecular weight is 344 g/mol. The molecule has 1 amide bonds. The van der Waals surface area contributed by atoms with Crippen LogP contribution in [0.15, 0.2) is 36.4 Å². The van der Waals surface area contributed by atoms with Gasteiger partial charge in [-0.1, -0.05) is 40.9 Å². The molecule has 0 fully saturated rings. The van der Waals surface area contributed by atoms with Gasteiger partial charge in [-0.3, -0.25) is 4.79 Å². The monoisotopic (exact) mass is 342 g/mol. The number of hydrogen-bond acceptors (Lipinski definition) is 2. The van der Waals surface area contributed by atoms with E-state index < -0.39 is 0 Å². The first-order valence-electron chi connectivity index (χ1n) is 6.31. The second kappa shape index (κ2) is 7.03. The Kier molecular flexibility index (Phi) is 5.34. The van der Waals surface area contributed by atoms with E-state index in [1.165, 1.54) is 0 Å². The molecule has 0 unspecified atom stereocenters. The standard InChI is InChI=1S/C15H13Cl3N2O/c1-2-19-13-7-6-9(16)8-10(13)15(21)20-14-11(17)4-3-5-12(14)18/h3-8,19H,2H2,1H3,(H,20,21). The highest BCUT2D eigenvalue weighted by atomic mass is 35.5. The third-order valence-corrected chi connectivity index (χ3v) is 3.66. The van der Waals surface area contributed by atoms with Gasteiger partial charge in [0.05, 0.1) is 21.3 Å². The predicted octanol–water partition coefficient (Wildman–Crippen LogP) is 5.33. The minimum Gasteiger partial charge on any atom is -0.385 e. The lowest BCUT2D eigenvalue weighted by atomic mass is 10.1. The fourth-order valence-corrected chi connectivity index (χ4v) is 2.51. The van der Waals surface area contributed by atoms with E-state index in [1.807, 2.05) is 6.92 Å². The van der Waals surface area contributed by atoms with Gasteiger partial charge in [0.1, 0.15) is 0 Å². The lowest BCUT2D eigenvalue weighted by molar-refractivity contribution is 0.102. The number of carbonyl (C=O) groups is 1. The van der Waals surface area contributed by atoms with Crippen molar-refractivity contribution in [1.29, 1.82) is 0 Å². The maximum Gasteiger partial charge on any atom is 0.257 e. The minimum absolute atomic E-state index is 0.330. The van der Waals surface area contributed by atoms with E-state index in [1.54, 1.807) is 36.4 Å². The van der Waals surface area contributed by atoms with Crippen LogP contribution in [0.25, 0.3) is 0 Å². The molecule has 0 spiro atoms. The largest absolute Gasteiger partial charge is 0.385 e. The molecule has 2 aromatic carbocycles. The van der Waals surface area contributed by atoms with Gasteiger partial charge in [0.15, 0.2) is 0 Å². The molecule has 0 atom stereocenters. The van der Waals surface area contributed by atoms with Crippen molar-refractivity contribution in [3.63, 3.8) is 0 Å². The maximum atomic E-state index is 12.4. The zero-order valence-corrected chi connectivity index (χ0v) is 13.5. The Morgan fingerprint density at radius 3 is 2.38 bits per heavy atom. The summed E-state index contributed by atoms with van der Waals surface area (Å²) in [7, 11) is 0. The van der Waals surface area contributed by atoms with E-state index in [9.17, 15) is 4.79 Å². The second-order valence-corrected chi connectivity index (χ2v) is 5.52. The highest BCUT2D eigenvalue weighted by molar-refractivity contribution is 6.40. The van der Waals surface area contributed by atoms with Gasteiger partial charge in [-0.25, -0.2) is 0 Å². The van der Waals surface area contributed by atoms with Crippen molar-refractivity contribution in [3.8, 4) is 0 Å². The van der Waals surface area contributed by atoms with E-state index >= 15 is 0 Å². The van der Waals surface area contributed by atoms with Crippen LogP contribution in [0.2, 0.25) is 15.1 Å². The van der Waals surface area contributed by atoms with E-state index in [0.29, 0.717) is 38.6 Å². The van der Waals surface area contributed by atoms with Crippen LogP contribution in [-0.2, 0) is 0 Å². The molecule has 2 N–H and O–H groups in total. The summed E-state index contributed by atoms with van der Waals surface area (Å²) in [5.74, 6) is -0.330. The van der Waals surface area contributed by atoms with Gasteiger partial charge in [-0.05, 0) is 37.3 Å². The molecule has 2 aromatic rings. The summed E-state index contributed by atoms with van der Waals surface area (Å²) in [6.45, 7) is 2.63. The van der Waals surface area contributed by atoms with Crippen LogP contribution in [0, 0.1) is 0 Å². The summed E-state index contributed by atoms with van der Waals surface area (Å²) >= 11 is 18.1. The zero-order chi connectivity index (χ0) is 15.4. The van der Waals surface area contributed by atoms with Crippen molar-refractivity contribution in [2.24, 2.45) is 0 Å². The summed E-state index contributed by atoms with van der Waals surface area (Å²) in [4.78, 5) is 12.4. The smallest absolute Gasteiger partial charge is 0.257 e. The van der Waals surface area contributed by atoms with Crippen molar-refractivity contribution >= 4 is 52.1 Å². The van der Waals surface area contributed by atoms with E-state index in [4.69, 9.17) is 34.8 Å². The number of rotatable bonds is 4. The number of benzene rings is 2. The first kappa shape index (κ1) is 16.0. The van der Waals surface area contributed by atoms with Crippen LogP contribution in [0.5, 0.6) is 0 Å². The molecule has 0 radical (unpaired) electrons. The molecule has 110 valence electrons. The topological polar surface area (TPSA) is 41.1 Å². The van der Waals surface area contributed by atoms with Crippen molar-refractivity contribution in [1.82, 2.24) is 0 Å². The Balaban J connectivity index is 2.34. The Labute approximate surface area is 138 Å². The number of hydrogen-bond donors (Lipinski definition) is 2. The number of anilines is 2. The van der Waals surface area contributed by atoms with E-state index in [-0.39, 0.29) is 5.91 Å². The normalized spacial score (nSPS) is 10.3. The molecular weight excluding hydrogens is 331 g/mol. The van der Waals surface area contributed by atoms with Crippen LogP contribution in [0.3, 0.4) is 0 Å². The van der Waals surface area contributed by atoms with Crippen molar-refractivity contribution in [2.75, 3.05) is 17.2 Å². The first-order valence-corrected chi connectivity index (χ1v) is 7.45. The van der Waals surface area contributed by atoms with Crippen molar-refractivity contribution in [3.05, 3.63) is 57.0 Å². The SMILES string of the molecule is CCNc1ccc(Cl)cc1C(=O)Nc1c(Cl)cccc1Cl. The third-order valence-electron chi connectivity index (χ3n) is 2.79. The second-order valence-electron chi connectivity index (χ2n) is 4.27. The van der Waals surface area contributed by atoms with Crippen LogP contribution in [-0.4, -0.2) is 12.5 Å². The molecule has 0 saturated carbocycles. The number of carbonyl (C=O) groups excluding carboxylic acids is 1. The van der Waals surface area contributed by atoms with Crippen molar-refractivity contribution < 1.29 is 4.79 Å². The minimum atomic E-state index is -0.330. The average Bonchev–Trinajstić information content (AvgIpc) is 2.45.